The molecule has 0 N–H and O–H groups in total. The van der Waals surface area contributed by atoms with Gasteiger partial charge in [0.05, 0.1) is 43.7 Å². The molecule has 4 amide bonds. The average Bonchev–Trinajstić information content (AvgIpc) is 3.14. The van der Waals surface area contributed by atoms with Crippen LogP contribution in [0.4, 0.5) is 11.4 Å². The Morgan fingerprint density at radius 3 is 1.20 bits per heavy atom. The third-order valence-electron chi connectivity index (χ3n) is 5.09. The molecule has 0 saturated carbocycles. The van der Waals surface area contributed by atoms with Gasteiger partial charge in [0, 0.05) is 0 Å². The Labute approximate surface area is 180 Å². The van der Waals surface area contributed by atoms with Crippen molar-refractivity contribution in [2.24, 2.45) is 0 Å². The minimum Gasteiger partial charge on any atom is -0.268 e. The van der Waals surface area contributed by atoms with Crippen molar-refractivity contribution in [3.63, 3.8) is 0 Å². The highest BCUT2D eigenvalue weighted by atomic mass is 35.5. The number of hydrogen-bond donors (Lipinski definition) is 0. The number of rotatable bonds is 2. The van der Waals surface area contributed by atoms with E-state index in [0.717, 1.165) is 9.80 Å². The van der Waals surface area contributed by atoms with E-state index in [1.54, 1.807) is 36.4 Å². The predicted octanol–water partition coefficient (Wildman–Crippen LogP) is 4.59. The lowest BCUT2D eigenvalue weighted by atomic mass is 10.1. The number of fused-ring (bicyclic) bond motifs is 2. The van der Waals surface area contributed by atoms with Crippen molar-refractivity contribution >= 4 is 58.2 Å². The molecule has 0 spiro atoms. The van der Waals surface area contributed by atoms with Crippen molar-refractivity contribution in [3.05, 3.63) is 93.0 Å². The Kier molecular flexibility index (Phi) is 4.03. The van der Waals surface area contributed by atoms with Crippen LogP contribution in [-0.2, 0) is 0 Å². The van der Waals surface area contributed by atoms with Gasteiger partial charge in [0.1, 0.15) is 0 Å². The summed E-state index contributed by atoms with van der Waals surface area (Å²) in [5.41, 5.74) is 1.37. The number of benzene rings is 3. The van der Waals surface area contributed by atoms with Crippen molar-refractivity contribution in [1.29, 1.82) is 0 Å². The molecule has 3 aromatic carbocycles. The molecule has 3 aromatic rings. The molecule has 2 heterocycles. The molecule has 6 nitrogen and oxygen atoms in total. The first kappa shape index (κ1) is 18.5. The monoisotopic (exact) mass is 436 g/mol. The minimum absolute atomic E-state index is 0.156. The van der Waals surface area contributed by atoms with E-state index in [0.29, 0.717) is 11.4 Å². The predicted molar refractivity (Wildman–Crippen MR) is 112 cm³/mol. The van der Waals surface area contributed by atoms with Crippen LogP contribution < -0.4 is 9.80 Å². The Hall–Kier alpha value is -3.48. The van der Waals surface area contributed by atoms with Gasteiger partial charge in [0.25, 0.3) is 23.6 Å². The maximum atomic E-state index is 12.7. The molecule has 0 atom stereocenters. The third-order valence-corrected chi connectivity index (χ3v) is 5.72. The molecule has 8 heteroatoms. The number of halogens is 2. The van der Waals surface area contributed by atoms with Crippen LogP contribution in [0.25, 0.3) is 0 Å². The zero-order valence-corrected chi connectivity index (χ0v) is 16.6. The van der Waals surface area contributed by atoms with E-state index in [1.165, 1.54) is 24.3 Å². The van der Waals surface area contributed by atoms with Gasteiger partial charge >= 0.3 is 0 Å². The molecule has 0 aromatic heterocycles. The Morgan fingerprint density at radius 1 is 0.500 bits per heavy atom. The molecule has 0 radical (unpaired) electrons. The second-order valence-electron chi connectivity index (χ2n) is 6.73. The maximum Gasteiger partial charge on any atom is 0.267 e. The van der Waals surface area contributed by atoms with Crippen molar-refractivity contribution in [1.82, 2.24) is 0 Å². The first-order valence-electron chi connectivity index (χ1n) is 8.85. The van der Waals surface area contributed by atoms with E-state index < -0.39 is 23.6 Å². The molecule has 0 fully saturated rings. The van der Waals surface area contributed by atoms with E-state index in [9.17, 15) is 19.2 Å². The highest BCUT2D eigenvalue weighted by Crippen LogP contribution is 2.36. The van der Waals surface area contributed by atoms with E-state index in [4.69, 9.17) is 23.2 Å². The normalized spacial score (nSPS) is 15.1. The van der Waals surface area contributed by atoms with Gasteiger partial charge < -0.3 is 0 Å². The summed E-state index contributed by atoms with van der Waals surface area (Å²) in [4.78, 5) is 52.9. The summed E-state index contributed by atoms with van der Waals surface area (Å²) in [6, 6.07) is 15.4. The Morgan fingerprint density at radius 2 is 0.867 bits per heavy atom. The van der Waals surface area contributed by atoms with Gasteiger partial charge in [0.15, 0.2) is 0 Å². The summed E-state index contributed by atoms with van der Waals surface area (Å²) in [6.45, 7) is 0. The quantitative estimate of drug-likeness (QED) is 0.550. The summed E-state index contributed by atoms with van der Waals surface area (Å²) in [5.74, 6) is -2.03. The van der Waals surface area contributed by atoms with Crippen LogP contribution in [-0.4, -0.2) is 23.6 Å². The number of carbonyl (C=O) groups is 4. The molecule has 2 aliphatic rings. The summed E-state index contributed by atoms with van der Waals surface area (Å²) >= 11 is 12.2. The summed E-state index contributed by atoms with van der Waals surface area (Å²) < 4.78 is 0. The van der Waals surface area contributed by atoms with Gasteiger partial charge in [-0.2, -0.15) is 0 Å². The molecule has 0 aliphatic carbocycles. The van der Waals surface area contributed by atoms with E-state index in [1.807, 2.05) is 0 Å². The standard InChI is InChI=1S/C22H10Cl2N2O4/c23-15-5-1-3-13-17(15)21(29)25(19(13)27)11-7-9-12(10-8-11)26-20(28)14-4-2-6-16(24)18(14)22(26)30/h1-10H. The highest BCUT2D eigenvalue weighted by Gasteiger charge is 2.40. The topological polar surface area (TPSA) is 74.8 Å². The molecular weight excluding hydrogens is 427 g/mol. The average molecular weight is 437 g/mol. The molecular formula is C22H10Cl2N2O4. The van der Waals surface area contributed by atoms with Crippen LogP contribution in [0, 0.1) is 0 Å². The highest BCUT2D eigenvalue weighted by molar-refractivity contribution is 6.43. The second-order valence-corrected chi connectivity index (χ2v) is 7.55. The molecule has 0 unspecified atom stereocenters. The number of amides is 4. The number of nitrogens with zero attached hydrogens (tertiary/aromatic N) is 2. The second kappa shape index (κ2) is 6.52. The lowest BCUT2D eigenvalue weighted by Crippen LogP contribution is -2.30. The third kappa shape index (κ3) is 2.44. The van der Waals surface area contributed by atoms with Crippen LogP contribution in [0.2, 0.25) is 10.0 Å². The Bertz CT molecular complexity index is 1200. The minimum atomic E-state index is -0.527. The van der Waals surface area contributed by atoms with Gasteiger partial charge in [-0.1, -0.05) is 35.3 Å². The lowest BCUT2D eigenvalue weighted by molar-refractivity contribution is 0.0909. The number of hydrogen-bond acceptors (Lipinski definition) is 4. The molecule has 2 aliphatic heterocycles. The van der Waals surface area contributed by atoms with Crippen molar-refractivity contribution in [2.45, 2.75) is 0 Å². The summed E-state index contributed by atoms with van der Waals surface area (Å²) in [5, 5.41) is 0.403. The number of carbonyl (C=O) groups excluding carboxylic acids is 4. The van der Waals surface area contributed by atoms with Crippen LogP contribution in [0.1, 0.15) is 41.4 Å². The fourth-order valence-electron chi connectivity index (χ4n) is 3.71. The SMILES string of the molecule is O=C1c2cccc(Cl)c2C(=O)N1c1ccc(N2C(=O)c3cccc(Cl)c3C2=O)cc1. The van der Waals surface area contributed by atoms with Crippen molar-refractivity contribution < 1.29 is 19.2 Å². The smallest absolute Gasteiger partial charge is 0.267 e. The van der Waals surface area contributed by atoms with E-state index >= 15 is 0 Å². The first-order valence-corrected chi connectivity index (χ1v) is 9.60. The van der Waals surface area contributed by atoms with Crippen LogP contribution in [0.5, 0.6) is 0 Å². The summed E-state index contributed by atoms with van der Waals surface area (Å²) in [7, 11) is 0. The zero-order chi connectivity index (χ0) is 21.2. The number of anilines is 2. The van der Waals surface area contributed by atoms with Crippen molar-refractivity contribution in [3.8, 4) is 0 Å². The molecule has 0 bridgehead atoms. The number of imide groups is 2. The molecule has 0 saturated heterocycles. The molecule has 5 rings (SSSR count). The summed E-state index contributed by atoms with van der Waals surface area (Å²) in [6.07, 6.45) is 0. The van der Waals surface area contributed by atoms with Gasteiger partial charge in [-0.05, 0) is 48.5 Å². The van der Waals surface area contributed by atoms with E-state index in [-0.39, 0.29) is 32.3 Å². The van der Waals surface area contributed by atoms with E-state index in [2.05, 4.69) is 0 Å². The van der Waals surface area contributed by atoms with Gasteiger partial charge in [-0.3, -0.25) is 19.2 Å². The lowest BCUT2D eigenvalue weighted by Gasteiger charge is -2.17. The molecule has 146 valence electrons. The van der Waals surface area contributed by atoms with Crippen molar-refractivity contribution in [2.75, 3.05) is 9.80 Å². The Balaban J connectivity index is 1.50. The largest absolute Gasteiger partial charge is 0.268 e. The van der Waals surface area contributed by atoms with Crippen LogP contribution >= 0.6 is 23.2 Å². The fourth-order valence-corrected chi connectivity index (χ4v) is 4.22. The zero-order valence-electron chi connectivity index (χ0n) is 15.1. The van der Waals surface area contributed by atoms with Gasteiger partial charge in [-0.15, -0.1) is 0 Å². The maximum absolute atomic E-state index is 12.7. The fraction of sp³-hybridized carbons (Fsp3) is 0. The first-order chi connectivity index (χ1) is 14.4. The van der Waals surface area contributed by atoms with Gasteiger partial charge in [0.2, 0.25) is 0 Å². The molecule has 30 heavy (non-hydrogen) atoms. The van der Waals surface area contributed by atoms with Crippen LogP contribution in [0.15, 0.2) is 60.7 Å². The van der Waals surface area contributed by atoms with Gasteiger partial charge in [-0.25, -0.2) is 9.80 Å². The van der Waals surface area contributed by atoms with Crippen LogP contribution in [0.3, 0.4) is 0 Å².